The summed E-state index contributed by atoms with van der Waals surface area (Å²) in [5.74, 6) is 0.220. The Morgan fingerprint density at radius 2 is 1.91 bits per heavy atom. The second kappa shape index (κ2) is 10.7. The molecule has 1 aliphatic heterocycles. The number of methoxy groups -OCH3 is 2. The zero-order valence-corrected chi connectivity index (χ0v) is 19.4. The minimum Gasteiger partial charge on any atom is -0.493 e. The maximum absolute atomic E-state index is 12.5. The third-order valence-corrected chi connectivity index (χ3v) is 7.17. The molecule has 0 atom stereocenters. The predicted octanol–water partition coefficient (Wildman–Crippen LogP) is 1.10. The lowest BCUT2D eigenvalue weighted by molar-refractivity contribution is -0.134. The van der Waals surface area contributed by atoms with Gasteiger partial charge in [-0.2, -0.15) is 0 Å². The molecule has 0 spiro atoms. The van der Waals surface area contributed by atoms with Crippen molar-refractivity contribution in [1.29, 1.82) is 0 Å². The van der Waals surface area contributed by atoms with Crippen LogP contribution in [0.2, 0.25) is 0 Å². The van der Waals surface area contributed by atoms with Crippen molar-refractivity contribution in [2.45, 2.75) is 24.2 Å². The predicted molar refractivity (Wildman–Crippen MR) is 117 cm³/mol. The molecule has 0 unspecified atom stereocenters. The standard InChI is InChI=1S/C19H25N5O6S2/c1-29-15-4-3-14(11-16(15)30-2)32(27,28)21-8-5-17(25)24-9-6-13(7-10-24)18(26)22-19-23-20-12-31-19/h3-4,11-13,21H,5-10H2,1-2H3,(H,22,23,26). The number of aromatic nitrogens is 2. The van der Waals surface area contributed by atoms with Gasteiger partial charge in [-0.25, -0.2) is 13.1 Å². The average Bonchev–Trinajstić information content (AvgIpc) is 3.31. The summed E-state index contributed by atoms with van der Waals surface area (Å²) in [4.78, 5) is 26.4. The molecule has 1 aromatic heterocycles. The van der Waals surface area contributed by atoms with Crippen molar-refractivity contribution in [3.8, 4) is 11.5 Å². The van der Waals surface area contributed by atoms with Gasteiger partial charge in [-0.1, -0.05) is 11.3 Å². The lowest BCUT2D eigenvalue weighted by Crippen LogP contribution is -2.42. The van der Waals surface area contributed by atoms with Crippen molar-refractivity contribution < 1.29 is 27.5 Å². The number of rotatable bonds is 9. The quantitative estimate of drug-likeness (QED) is 0.540. The third-order valence-electron chi connectivity index (χ3n) is 5.10. The van der Waals surface area contributed by atoms with E-state index in [0.29, 0.717) is 42.6 Å². The smallest absolute Gasteiger partial charge is 0.240 e. The molecule has 11 nitrogen and oxygen atoms in total. The number of ether oxygens (including phenoxy) is 2. The van der Waals surface area contributed by atoms with Gasteiger partial charge >= 0.3 is 0 Å². The highest BCUT2D eigenvalue weighted by molar-refractivity contribution is 7.89. The van der Waals surface area contributed by atoms with Crippen LogP contribution in [0.5, 0.6) is 11.5 Å². The van der Waals surface area contributed by atoms with Crippen molar-refractivity contribution in [1.82, 2.24) is 19.8 Å². The molecule has 1 aliphatic rings. The molecule has 0 bridgehead atoms. The maximum Gasteiger partial charge on any atom is 0.240 e. The normalized spacial score (nSPS) is 14.8. The fourth-order valence-corrected chi connectivity index (χ4v) is 4.84. The van der Waals surface area contributed by atoms with Gasteiger partial charge in [0.2, 0.25) is 27.0 Å². The Morgan fingerprint density at radius 3 is 2.53 bits per heavy atom. The van der Waals surface area contributed by atoms with Crippen LogP contribution in [0, 0.1) is 5.92 Å². The lowest BCUT2D eigenvalue weighted by atomic mass is 9.96. The molecule has 2 N–H and O–H groups in total. The molecule has 2 heterocycles. The highest BCUT2D eigenvalue weighted by Crippen LogP contribution is 2.29. The van der Waals surface area contributed by atoms with Gasteiger partial charge in [-0.3, -0.25) is 9.59 Å². The Bertz CT molecular complexity index is 1040. The summed E-state index contributed by atoms with van der Waals surface area (Å²) in [5.41, 5.74) is 1.54. The second-order valence-corrected chi connectivity index (χ2v) is 9.65. The Kier molecular flexibility index (Phi) is 7.99. The minimum absolute atomic E-state index is 0.0184. The van der Waals surface area contributed by atoms with Gasteiger partial charge in [0.05, 0.1) is 19.1 Å². The summed E-state index contributed by atoms with van der Waals surface area (Å²) in [6.07, 6.45) is 1.09. The number of anilines is 1. The van der Waals surface area contributed by atoms with Gasteiger partial charge in [-0.15, -0.1) is 10.2 Å². The Labute approximate surface area is 190 Å². The number of nitrogens with one attached hydrogen (secondary N) is 2. The van der Waals surface area contributed by atoms with Crippen LogP contribution in [0.1, 0.15) is 19.3 Å². The number of sulfonamides is 1. The molecule has 174 valence electrons. The van der Waals surface area contributed by atoms with Crippen molar-refractivity contribution in [2.24, 2.45) is 5.92 Å². The van der Waals surface area contributed by atoms with Crippen LogP contribution in [0.4, 0.5) is 5.13 Å². The van der Waals surface area contributed by atoms with Crippen LogP contribution in [0.15, 0.2) is 28.6 Å². The molecule has 13 heteroatoms. The molecular weight excluding hydrogens is 458 g/mol. The van der Waals surface area contributed by atoms with Crippen molar-refractivity contribution in [3.63, 3.8) is 0 Å². The van der Waals surface area contributed by atoms with Crippen LogP contribution in [-0.2, 0) is 19.6 Å². The van der Waals surface area contributed by atoms with E-state index in [0.717, 1.165) is 0 Å². The Morgan fingerprint density at radius 1 is 1.19 bits per heavy atom. The van der Waals surface area contributed by atoms with E-state index in [2.05, 4.69) is 20.2 Å². The van der Waals surface area contributed by atoms with E-state index >= 15 is 0 Å². The fourth-order valence-electron chi connectivity index (χ4n) is 3.34. The van der Waals surface area contributed by atoms with Crippen molar-refractivity contribution >= 4 is 38.3 Å². The number of hydrogen-bond acceptors (Lipinski definition) is 9. The largest absolute Gasteiger partial charge is 0.493 e. The van der Waals surface area contributed by atoms with Gasteiger partial charge < -0.3 is 19.7 Å². The van der Waals surface area contributed by atoms with Gasteiger partial charge in [-0.05, 0) is 25.0 Å². The Balaban J connectivity index is 1.45. The fraction of sp³-hybridized carbons (Fsp3) is 0.474. The maximum atomic E-state index is 12.5. The van der Waals surface area contributed by atoms with Crippen LogP contribution in [0.25, 0.3) is 0 Å². The van der Waals surface area contributed by atoms with Crippen LogP contribution in [-0.4, -0.2) is 69.2 Å². The number of likely N-dealkylation sites (tertiary alicyclic amines) is 1. The Hall–Kier alpha value is -2.77. The van der Waals surface area contributed by atoms with Gasteiger partial charge in [0.25, 0.3) is 0 Å². The van der Waals surface area contributed by atoms with Gasteiger partial charge in [0, 0.05) is 38.0 Å². The molecule has 0 saturated carbocycles. The highest BCUT2D eigenvalue weighted by atomic mass is 32.2. The van der Waals surface area contributed by atoms with Crippen LogP contribution >= 0.6 is 11.3 Å². The minimum atomic E-state index is -3.81. The summed E-state index contributed by atoms with van der Waals surface area (Å²) < 4.78 is 37.7. The topological polar surface area (TPSA) is 140 Å². The molecule has 2 aromatic rings. The monoisotopic (exact) mass is 483 g/mol. The SMILES string of the molecule is COc1ccc(S(=O)(=O)NCCC(=O)N2CCC(C(=O)Nc3nncs3)CC2)cc1OC. The first-order valence-electron chi connectivity index (χ1n) is 9.90. The van der Waals surface area contributed by atoms with Crippen molar-refractivity contribution in [2.75, 3.05) is 39.2 Å². The highest BCUT2D eigenvalue weighted by Gasteiger charge is 2.28. The zero-order valence-electron chi connectivity index (χ0n) is 17.7. The van der Waals surface area contributed by atoms with E-state index in [1.807, 2.05) is 0 Å². The molecule has 0 radical (unpaired) electrons. The number of carbonyl (C=O) groups is 2. The molecule has 1 fully saturated rings. The summed E-state index contributed by atoms with van der Waals surface area (Å²) >= 11 is 1.25. The molecular formula is C19H25N5O6S2. The number of benzene rings is 1. The van der Waals surface area contributed by atoms with Crippen LogP contribution < -0.4 is 19.5 Å². The van der Waals surface area contributed by atoms with E-state index in [9.17, 15) is 18.0 Å². The summed E-state index contributed by atoms with van der Waals surface area (Å²) in [6, 6.07) is 4.27. The first-order chi connectivity index (χ1) is 15.3. The number of hydrogen-bond donors (Lipinski definition) is 2. The molecule has 2 amide bonds. The molecule has 0 aliphatic carbocycles. The zero-order chi connectivity index (χ0) is 23.1. The average molecular weight is 484 g/mol. The molecule has 32 heavy (non-hydrogen) atoms. The first-order valence-corrected chi connectivity index (χ1v) is 12.3. The summed E-state index contributed by atoms with van der Waals surface area (Å²) in [7, 11) is -0.927. The second-order valence-electron chi connectivity index (χ2n) is 7.05. The van der Waals surface area contributed by atoms with Gasteiger partial charge in [0.1, 0.15) is 5.51 Å². The molecule has 1 aromatic carbocycles. The van der Waals surface area contributed by atoms with E-state index in [4.69, 9.17) is 9.47 Å². The van der Waals surface area contributed by atoms with E-state index < -0.39 is 10.0 Å². The molecule has 1 saturated heterocycles. The number of nitrogens with zero attached hydrogens (tertiary/aromatic N) is 3. The summed E-state index contributed by atoms with van der Waals surface area (Å²) in [5, 5.41) is 10.6. The van der Waals surface area contributed by atoms with E-state index in [-0.39, 0.29) is 35.6 Å². The lowest BCUT2D eigenvalue weighted by Gasteiger charge is -2.31. The third kappa shape index (κ3) is 5.93. The number of piperidine rings is 1. The van der Waals surface area contributed by atoms with Crippen molar-refractivity contribution in [3.05, 3.63) is 23.7 Å². The van der Waals surface area contributed by atoms with Crippen LogP contribution in [0.3, 0.4) is 0 Å². The summed E-state index contributed by atoms with van der Waals surface area (Å²) in [6.45, 7) is 0.845. The van der Waals surface area contributed by atoms with E-state index in [1.165, 1.54) is 49.3 Å². The number of amides is 2. The first kappa shape index (κ1) is 23.9. The van der Waals surface area contributed by atoms with E-state index in [1.54, 1.807) is 4.90 Å². The van der Waals surface area contributed by atoms with Gasteiger partial charge in [0.15, 0.2) is 11.5 Å². The number of carbonyl (C=O) groups excluding carboxylic acids is 2. The molecule has 3 rings (SSSR count).